The van der Waals surface area contributed by atoms with Gasteiger partial charge < -0.3 is 22.9 Å². The van der Waals surface area contributed by atoms with E-state index in [1.165, 1.54) is 19.3 Å². The summed E-state index contributed by atoms with van der Waals surface area (Å²) in [5.74, 6) is 1.82. The smallest absolute Gasteiger partial charge is 1.00 e. The van der Waals surface area contributed by atoms with Crippen molar-refractivity contribution >= 4 is 23.1 Å². The van der Waals surface area contributed by atoms with E-state index in [1.54, 1.807) is 0 Å². The maximum absolute atomic E-state index is 2.38. The fourth-order valence-electron chi connectivity index (χ4n) is 2.08. The van der Waals surface area contributed by atoms with Crippen LogP contribution in [0.15, 0.2) is 0 Å². The Morgan fingerprint density at radius 1 is 1.09 bits per heavy atom. The normalized spacial score (nSPS) is 25.4. The molecule has 0 radical (unpaired) electrons. The van der Waals surface area contributed by atoms with E-state index in [2.05, 4.69) is 20.8 Å². The predicted octanol–water partition coefficient (Wildman–Crippen LogP) is -0.586. The van der Waals surface area contributed by atoms with Crippen LogP contribution in [0.25, 0.3) is 0 Å². The second-order valence-corrected chi connectivity index (χ2v) is 4.81. The Kier molecular flexibility index (Phi) is 3.55. The van der Waals surface area contributed by atoms with Gasteiger partial charge in [0.1, 0.15) is 0 Å². The summed E-state index contributed by atoms with van der Waals surface area (Å²) in [5.41, 5.74) is 1.34. The van der Waals surface area contributed by atoms with E-state index in [4.69, 9.17) is 0 Å². The number of halogens is 1. The van der Waals surface area contributed by atoms with E-state index < -0.39 is 0 Å². The third-order valence-electron chi connectivity index (χ3n) is 3.36. The van der Waals surface area contributed by atoms with Crippen molar-refractivity contribution < 1.29 is 17.0 Å². The molecule has 0 aliphatic heterocycles. The average molecular weight is 227 g/mol. The van der Waals surface area contributed by atoms with Crippen LogP contribution >= 0.6 is 0 Å². The molecule has 0 amide bonds. The van der Waals surface area contributed by atoms with Gasteiger partial charge in [-0.3, -0.25) is 0 Å². The Morgan fingerprint density at radius 3 is 1.45 bits per heavy atom. The van der Waals surface area contributed by atoms with Crippen LogP contribution in [-0.4, -0.2) is 23.1 Å². The van der Waals surface area contributed by atoms with Crippen molar-refractivity contribution in [2.24, 2.45) is 10.8 Å². The molecule has 0 aromatic heterocycles. The molecule has 3 saturated carbocycles. The van der Waals surface area contributed by atoms with Gasteiger partial charge in [0.15, 0.2) is 0 Å². The Labute approximate surface area is 96.4 Å². The summed E-state index contributed by atoms with van der Waals surface area (Å²) in [4.78, 5) is 0. The summed E-state index contributed by atoms with van der Waals surface area (Å²) >= 11 is 0. The zero-order valence-corrected chi connectivity index (χ0v) is 10.7. The molecule has 0 saturated heterocycles. The molecule has 0 atom stereocenters. The summed E-state index contributed by atoms with van der Waals surface area (Å²) in [5, 5.41) is 0. The van der Waals surface area contributed by atoms with Crippen molar-refractivity contribution in [3.8, 4) is 0 Å². The largest absolute Gasteiger partial charge is 2.00 e. The Hall–Kier alpha value is 1.25. The van der Waals surface area contributed by atoms with Crippen LogP contribution < -0.4 is 17.0 Å². The van der Waals surface area contributed by atoms with Gasteiger partial charge in [-0.15, -0.1) is 5.41 Å². The van der Waals surface area contributed by atoms with Crippen LogP contribution in [0.1, 0.15) is 40.0 Å². The fourth-order valence-corrected chi connectivity index (χ4v) is 2.08. The second-order valence-electron chi connectivity index (χ2n) is 4.81. The average Bonchev–Trinajstić information content (AvgIpc) is 1.08. The summed E-state index contributed by atoms with van der Waals surface area (Å²) < 4.78 is 0. The Balaban J connectivity index is 0.000000500. The van der Waals surface area contributed by atoms with Crippen molar-refractivity contribution in [3.05, 3.63) is 5.92 Å². The number of hydrogen-bond acceptors (Lipinski definition) is 0. The molecule has 0 unspecified atom stereocenters. The summed E-state index contributed by atoms with van der Waals surface area (Å²) in [7, 11) is 0. The molecule has 3 fully saturated rings. The van der Waals surface area contributed by atoms with E-state index in [0.717, 1.165) is 5.41 Å². The van der Waals surface area contributed by atoms with Crippen LogP contribution in [0, 0.1) is 16.7 Å². The summed E-state index contributed by atoms with van der Waals surface area (Å²) in [6, 6.07) is 0. The van der Waals surface area contributed by atoms with Crippen molar-refractivity contribution in [2.45, 2.75) is 40.0 Å². The van der Waals surface area contributed by atoms with Gasteiger partial charge in [-0.2, -0.15) is 19.3 Å². The molecule has 0 spiro atoms. The molecule has 0 aromatic rings. The minimum Gasteiger partial charge on any atom is -1.00 e. The standard InChI is InChI=1S/C9H15.BrH.Mg/c1-8(2,3)9-4-7(5-9)6-9;;/h4-6H2,1-3H3;1H;/q-1;;+2/p-1. The molecule has 60 valence electrons. The Bertz CT molecular complexity index is 131. The molecule has 0 nitrogen and oxygen atoms in total. The van der Waals surface area contributed by atoms with E-state index >= 15 is 0 Å². The maximum atomic E-state index is 2.38. The molecule has 3 rings (SSSR count). The Morgan fingerprint density at radius 2 is 1.45 bits per heavy atom. The summed E-state index contributed by atoms with van der Waals surface area (Å²) in [6.45, 7) is 7.13. The molecule has 3 aliphatic carbocycles. The van der Waals surface area contributed by atoms with Crippen LogP contribution in [0.2, 0.25) is 0 Å². The number of hydrogen-bond donors (Lipinski definition) is 0. The van der Waals surface area contributed by atoms with Crippen molar-refractivity contribution in [1.82, 2.24) is 0 Å². The van der Waals surface area contributed by atoms with Gasteiger partial charge >= 0.3 is 23.1 Å². The zero-order valence-electron chi connectivity index (χ0n) is 7.71. The molecular weight excluding hydrogens is 212 g/mol. The predicted molar refractivity (Wildman–Crippen MR) is 44.7 cm³/mol. The molecule has 3 aliphatic rings. The minimum atomic E-state index is 0. The first kappa shape index (κ1) is 12.2. The molecular formula is C9H15BrMg. The minimum absolute atomic E-state index is 0. The first-order valence-electron chi connectivity index (χ1n) is 3.87. The van der Waals surface area contributed by atoms with Gasteiger partial charge in [-0.05, 0) is 5.41 Å². The van der Waals surface area contributed by atoms with Crippen LogP contribution in [-0.2, 0) is 0 Å². The summed E-state index contributed by atoms with van der Waals surface area (Å²) in [6.07, 6.45) is 4.36. The van der Waals surface area contributed by atoms with Crippen LogP contribution in [0.4, 0.5) is 0 Å². The second kappa shape index (κ2) is 3.19. The van der Waals surface area contributed by atoms with E-state index in [0.29, 0.717) is 5.41 Å². The van der Waals surface area contributed by atoms with Gasteiger partial charge in [-0.25, -0.2) is 0 Å². The van der Waals surface area contributed by atoms with Crippen molar-refractivity contribution in [2.75, 3.05) is 0 Å². The van der Waals surface area contributed by atoms with E-state index in [9.17, 15) is 0 Å². The molecule has 2 bridgehead atoms. The van der Waals surface area contributed by atoms with Gasteiger partial charge in [0.05, 0.1) is 0 Å². The van der Waals surface area contributed by atoms with E-state index in [1.807, 2.05) is 5.92 Å². The molecule has 0 aromatic carbocycles. The fraction of sp³-hybridized carbons (Fsp3) is 0.889. The number of rotatable bonds is 0. The van der Waals surface area contributed by atoms with Crippen LogP contribution in [0.3, 0.4) is 0 Å². The van der Waals surface area contributed by atoms with Gasteiger partial charge in [0, 0.05) is 0 Å². The van der Waals surface area contributed by atoms with Crippen LogP contribution in [0.5, 0.6) is 0 Å². The monoisotopic (exact) mass is 226 g/mol. The molecule has 0 N–H and O–H groups in total. The van der Waals surface area contributed by atoms with E-state index in [-0.39, 0.29) is 40.0 Å². The van der Waals surface area contributed by atoms with Gasteiger partial charge in [-0.1, -0.05) is 20.8 Å². The van der Waals surface area contributed by atoms with Crippen molar-refractivity contribution in [3.63, 3.8) is 0 Å². The third-order valence-corrected chi connectivity index (χ3v) is 3.36. The molecule has 0 heterocycles. The first-order valence-corrected chi connectivity index (χ1v) is 3.87. The van der Waals surface area contributed by atoms with Gasteiger partial charge in [0.2, 0.25) is 0 Å². The molecule has 2 heteroatoms. The molecule has 11 heavy (non-hydrogen) atoms. The van der Waals surface area contributed by atoms with Crippen molar-refractivity contribution in [1.29, 1.82) is 0 Å². The first-order chi connectivity index (χ1) is 4.04. The maximum Gasteiger partial charge on any atom is 2.00 e. The third kappa shape index (κ3) is 1.51. The quantitative estimate of drug-likeness (QED) is 0.383. The zero-order chi connectivity index (χ0) is 6.70. The van der Waals surface area contributed by atoms with Gasteiger partial charge in [0.25, 0.3) is 0 Å². The topological polar surface area (TPSA) is 0 Å². The SMILES string of the molecule is CC(C)(C)C12C[C-](C1)C2.[Br-].[Mg+2].